The molecular formula is C13H18N2O2S2. The van der Waals surface area contributed by atoms with E-state index in [9.17, 15) is 4.79 Å². The van der Waals surface area contributed by atoms with Crippen LogP contribution in [0.15, 0.2) is 17.5 Å². The Hall–Kier alpha value is -1.14. The van der Waals surface area contributed by atoms with Crippen LogP contribution in [-0.4, -0.2) is 33.7 Å². The zero-order valence-corrected chi connectivity index (χ0v) is 12.3. The van der Waals surface area contributed by atoms with Gasteiger partial charge in [-0.3, -0.25) is 4.79 Å². The molecule has 1 fully saturated rings. The Balaban J connectivity index is 2.00. The average Bonchev–Trinajstić information content (AvgIpc) is 3.05. The minimum absolute atomic E-state index is 0.119. The second-order valence-corrected chi connectivity index (χ2v) is 6.12. The zero-order chi connectivity index (χ0) is 13.7. The number of carboxylic acids is 1. The number of thiocarbonyl (C=S) groups is 1. The Labute approximate surface area is 122 Å². The maximum Gasteiger partial charge on any atom is 0.322 e. The molecule has 0 aliphatic heterocycles. The normalized spacial score (nSPS) is 15.4. The van der Waals surface area contributed by atoms with Gasteiger partial charge in [0.1, 0.15) is 6.54 Å². The molecule has 0 aromatic carbocycles. The summed E-state index contributed by atoms with van der Waals surface area (Å²) in [4.78, 5) is 14.0. The van der Waals surface area contributed by atoms with E-state index in [1.165, 1.54) is 17.7 Å². The van der Waals surface area contributed by atoms with E-state index in [1.807, 2.05) is 6.07 Å². The number of carbonyl (C=O) groups is 1. The first kappa shape index (κ1) is 14.3. The van der Waals surface area contributed by atoms with Crippen molar-refractivity contribution in [3.63, 3.8) is 0 Å². The summed E-state index contributed by atoms with van der Waals surface area (Å²) in [5, 5.41) is 14.2. The number of nitrogens with zero attached hydrogens (tertiary/aromatic N) is 1. The fourth-order valence-corrected chi connectivity index (χ4v) is 3.39. The van der Waals surface area contributed by atoms with Crippen molar-refractivity contribution in [2.75, 3.05) is 6.54 Å². The van der Waals surface area contributed by atoms with Gasteiger partial charge in [-0.1, -0.05) is 18.9 Å². The molecule has 0 atom stereocenters. The average molecular weight is 298 g/mol. The molecule has 4 nitrogen and oxygen atoms in total. The minimum atomic E-state index is -0.884. The van der Waals surface area contributed by atoms with Crippen LogP contribution in [-0.2, 0) is 11.3 Å². The van der Waals surface area contributed by atoms with Crippen LogP contribution in [0.4, 0.5) is 0 Å². The molecule has 1 aromatic heterocycles. The van der Waals surface area contributed by atoms with Gasteiger partial charge in [0.25, 0.3) is 0 Å². The fraction of sp³-hybridized carbons (Fsp3) is 0.538. The quantitative estimate of drug-likeness (QED) is 0.818. The third-order valence-corrected chi connectivity index (χ3v) is 4.56. The summed E-state index contributed by atoms with van der Waals surface area (Å²) in [6.45, 7) is 0.653. The van der Waals surface area contributed by atoms with E-state index in [0.29, 0.717) is 11.2 Å². The van der Waals surface area contributed by atoms with Crippen LogP contribution >= 0.6 is 23.6 Å². The van der Waals surface area contributed by atoms with E-state index >= 15 is 0 Å². The summed E-state index contributed by atoms with van der Waals surface area (Å²) in [7, 11) is 0. The van der Waals surface area contributed by atoms with Crippen molar-refractivity contribution in [1.82, 2.24) is 10.2 Å². The maximum absolute atomic E-state index is 10.6. The molecule has 2 rings (SSSR count). The molecule has 2 N–H and O–H groups in total. The standard InChI is InChI=1S/C13H18N2O2S2/c16-12(17)8-14-13(18)15(10-4-1-2-5-10)9-11-6-3-7-19-11/h3,6-7,10H,1-2,4-5,8-9H2,(H,14,18)(H,16,17). The molecule has 0 bridgehead atoms. The van der Waals surface area contributed by atoms with Gasteiger partial charge < -0.3 is 15.3 Å². The highest BCUT2D eigenvalue weighted by molar-refractivity contribution is 7.80. The summed E-state index contributed by atoms with van der Waals surface area (Å²) in [5.74, 6) is -0.884. The number of aliphatic carboxylic acids is 1. The van der Waals surface area contributed by atoms with Gasteiger partial charge in [0.2, 0.25) is 0 Å². The zero-order valence-electron chi connectivity index (χ0n) is 10.7. The molecule has 0 spiro atoms. The number of hydrogen-bond donors (Lipinski definition) is 2. The summed E-state index contributed by atoms with van der Waals surface area (Å²) in [6.07, 6.45) is 4.74. The lowest BCUT2D eigenvalue weighted by Crippen LogP contribution is -2.45. The van der Waals surface area contributed by atoms with Crippen molar-refractivity contribution < 1.29 is 9.90 Å². The molecule has 1 aliphatic carbocycles. The molecule has 104 valence electrons. The first-order valence-corrected chi connectivity index (χ1v) is 7.74. The molecule has 1 aromatic rings. The third-order valence-electron chi connectivity index (χ3n) is 3.32. The van der Waals surface area contributed by atoms with Gasteiger partial charge in [-0.2, -0.15) is 0 Å². The monoisotopic (exact) mass is 298 g/mol. The van der Waals surface area contributed by atoms with E-state index in [4.69, 9.17) is 17.3 Å². The van der Waals surface area contributed by atoms with Gasteiger partial charge in [-0.05, 0) is 36.5 Å². The first-order chi connectivity index (χ1) is 9.16. The number of carboxylic acid groups (broad SMARTS) is 1. The van der Waals surface area contributed by atoms with Gasteiger partial charge in [-0.25, -0.2) is 0 Å². The van der Waals surface area contributed by atoms with Gasteiger partial charge in [0.15, 0.2) is 5.11 Å². The lowest BCUT2D eigenvalue weighted by atomic mass is 10.2. The molecule has 0 amide bonds. The molecule has 19 heavy (non-hydrogen) atoms. The third kappa shape index (κ3) is 4.18. The second kappa shape index (κ2) is 6.86. The van der Waals surface area contributed by atoms with E-state index in [0.717, 1.165) is 19.4 Å². The van der Waals surface area contributed by atoms with E-state index in [2.05, 4.69) is 21.7 Å². The second-order valence-electron chi connectivity index (χ2n) is 4.70. The van der Waals surface area contributed by atoms with Crippen LogP contribution in [0.2, 0.25) is 0 Å². The van der Waals surface area contributed by atoms with Crippen LogP contribution in [0.1, 0.15) is 30.6 Å². The summed E-state index contributed by atoms with van der Waals surface area (Å²) >= 11 is 7.07. The maximum atomic E-state index is 10.6. The molecular weight excluding hydrogens is 280 g/mol. The molecule has 6 heteroatoms. The molecule has 0 saturated heterocycles. The van der Waals surface area contributed by atoms with Gasteiger partial charge >= 0.3 is 5.97 Å². The van der Waals surface area contributed by atoms with Crippen LogP contribution in [0.25, 0.3) is 0 Å². The van der Waals surface area contributed by atoms with Crippen LogP contribution in [0, 0.1) is 0 Å². The molecule has 0 unspecified atom stereocenters. The number of hydrogen-bond acceptors (Lipinski definition) is 3. The van der Waals surface area contributed by atoms with Gasteiger partial charge in [-0.15, -0.1) is 11.3 Å². The highest BCUT2D eigenvalue weighted by Crippen LogP contribution is 2.26. The van der Waals surface area contributed by atoms with Crippen molar-refractivity contribution in [2.45, 2.75) is 38.3 Å². The Kier molecular flexibility index (Phi) is 5.15. The Morgan fingerprint density at radius 2 is 2.26 bits per heavy atom. The van der Waals surface area contributed by atoms with Crippen LogP contribution in [0.3, 0.4) is 0 Å². The number of rotatable bonds is 5. The fourth-order valence-electron chi connectivity index (χ4n) is 2.41. The predicted molar refractivity (Wildman–Crippen MR) is 80.4 cm³/mol. The van der Waals surface area contributed by atoms with Crippen LogP contribution in [0.5, 0.6) is 0 Å². The van der Waals surface area contributed by atoms with E-state index in [-0.39, 0.29) is 6.54 Å². The van der Waals surface area contributed by atoms with Crippen molar-refractivity contribution in [1.29, 1.82) is 0 Å². The highest BCUT2D eigenvalue weighted by Gasteiger charge is 2.25. The number of thiophene rings is 1. The van der Waals surface area contributed by atoms with E-state index in [1.54, 1.807) is 11.3 Å². The molecule has 1 heterocycles. The molecule has 0 radical (unpaired) electrons. The van der Waals surface area contributed by atoms with Gasteiger partial charge in [0, 0.05) is 10.9 Å². The predicted octanol–water partition coefficient (Wildman–Crippen LogP) is 2.45. The van der Waals surface area contributed by atoms with E-state index < -0.39 is 5.97 Å². The molecule has 1 saturated carbocycles. The minimum Gasteiger partial charge on any atom is -0.480 e. The topological polar surface area (TPSA) is 52.6 Å². The Morgan fingerprint density at radius 3 is 2.84 bits per heavy atom. The van der Waals surface area contributed by atoms with Crippen LogP contribution < -0.4 is 5.32 Å². The Morgan fingerprint density at radius 1 is 1.53 bits per heavy atom. The van der Waals surface area contributed by atoms with Crippen molar-refractivity contribution >= 4 is 34.6 Å². The first-order valence-electron chi connectivity index (χ1n) is 6.45. The van der Waals surface area contributed by atoms with Gasteiger partial charge in [0.05, 0.1) is 6.54 Å². The van der Waals surface area contributed by atoms with Crippen molar-refractivity contribution in [3.05, 3.63) is 22.4 Å². The molecule has 1 aliphatic rings. The van der Waals surface area contributed by atoms with Crippen molar-refractivity contribution in [3.8, 4) is 0 Å². The largest absolute Gasteiger partial charge is 0.480 e. The lowest BCUT2D eigenvalue weighted by Gasteiger charge is -2.31. The number of nitrogens with one attached hydrogen (secondary N) is 1. The lowest BCUT2D eigenvalue weighted by molar-refractivity contribution is -0.135. The summed E-state index contributed by atoms with van der Waals surface area (Å²) < 4.78 is 0. The summed E-state index contributed by atoms with van der Waals surface area (Å²) in [6, 6.07) is 4.56. The van der Waals surface area contributed by atoms with Crippen molar-refractivity contribution in [2.24, 2.45) is 0 Å². The smallest absolute Gasteiger partial charge is 0.322 e. The highest BCUT2D eigenvalue weighted by atomic mass is 32.1. The SMILES string of the molecule is O=C(O)CNC(=S)N(Cc1cccs1)C1CCCC1. The Bertz CT molecular complexity index is 428. The summed E-state index contributed by atoms with van der Waals surface area (Å²) in [5.41, 5.74) is 0.